The minimum atomic E-state index is -0.912. The second kappa shape index (κ2) is 8.90. The van der Waals surface area contributed by atoms with Crippen LogP contribution in [-0.2, 0) is 19.2 Å². The molecule has 11 heteroatoms. The Kier molecular flexibility index (Phi) is 6.88. The maximum atomic E-state index is 11.6. The first-order chi connectivity index (χ1) is 11.9. The van der Waals surface area contributed by atoms with Crippen molar-refractivity contribution in [2.75, 3.05) is 5.75 Å². The topological polar surface area (TPSA) is 151 Å². The lowest BCUT2D eigenvalue weighted by Crippen LogP contribution is -2.36. The van der Waals surface area contributed by atoms with Crippen molar-refractivity contribution in [2.24, 2.45) is 5.73 Å². The molecule has 0 aromatic heterocycles. The molecule has 2 aliphatic heterocycles. The Morgan fingerprint density at radius 2 is 2.00 bits per heavy atom. The number of hydrogen-bond donors (Lipinski definition) is 4. The molecule has 2 fully saturated rings. The zero-order valence-corrected chi connectivity index (χ0v) is 14.4. The van der Waals surface area contributed by atoms with Crippen LogP contribution in [0, 0.1) is 0 Å². The Balaban J connectivity index is 1.58. The second-order valence-electron chi connectivity index (χ2n) is 5.96. The van der Waals surface area contributed by atoms with Gasteiger partial charge in [-0.1, -0.05) is 6.42 Å². The van der Waals surface area contributed by atoms with Gasteiger partial charge in [0.05, 0.1) is 12.1 Å². The van der Waals surface area contributed by atoms with Crippen LogP contribution in [0.15, 0.2) is 0 Å². The third kappa shape index (κ3) is 5.78. The highest BCUT2D eigenvalue weighted by Crippen LogP contribution is 2.33. The van der Waals surface area contributed by atoms with Crippen LogP contribution in [-0.4, -0.2) is 57.3 Å². The summed E-state index contributed by atoms with van der Waals surface area (Å²) in [5.41, 5.74) is 4.89. The molecule has 5 N–H and O–H groups in total. The van der Waals surface area contributed by atoms with E-state index in [1.165, 1.54) is 0 Å². The number of primary amides is 1. The molecule has 2 saturated heterocycles. The number of hydroxylamine groups is 2. The molecule has 0 saturated carbocycles. The number of carbonyl (C=O) groups excluding carboxylic acids is 4. The highest BCUT2D eigenvalue weighted by atomic mass is 32.2. The summed E-state index contributed by atoms with van der Waals surface area (Å²) in [7, 11) is 0. The molecule has 0 unspecified atom stereocenters. The Morgan fingerprint density at radius 1 is 1.24 bits per heavy atom. The van der Waals surface area contributed by atoms with E-state index in [2.05, 4.69) is 15.5 Å². The number of unbranched alkanes of at least 4 members (excludes halogenated alkanes) is 1. The molecular weight excluding hydrogens is 352 g/mol. The lowest BCUT2D eigenvalue weighted by atomic mass is 10.0. The normalized spacial score (nSPS) is 24.2. The number of rotatable bonds is 8. The van der Waals surface area contributed by atoms with Crippen molar-refractivity contribution in [2.45, 2.75) is 55.9 Å². The fraction of sp³-hybridized carbons (Fsp3) is 0.714. The predicted octanol–water partition coefficient (Wildman–Crippen LogP) is -0.346. The predicted molar refractivity (Wildman–Crippen MR) is 87.1 cm³/mol. The summed E-state index contributed by atoms with van der Waals surface area (Å²) in [5, 5.41) is 15.2. The highest BCUT2D eigenvalue weighted by molar-refractivity contribution is 8.00. The largest absolute Gasteiger partial charge is 0.370 e. The number of thioether (sulfide) groups is 1. The van der Waals surface area contributed by atoms with Gasteiger partial charge >= 0.3 is 12.0 Å². The number of fused-ring (bicyclic) bond motifs is 1. The second-order valence-corrected chi connectivity index (χ2v) is 7.24. The van der Waals surface area contributed by atoms with E-state index in [1.807, 2.05) is 0 Å². The minimum Gasteiger partial charge on any atom is -0.370 e. The maximum Gasteiger partial charge on any atom is 0.335 e. The van der Waals surface area contributed by atoms with E-state index < -0.39 is 17.8 Å². The molecule has 2 aliphatic rings. The van der Waals surface area contributed by atoms with Crippen LogP contribution in [0.4, 0.5) is 4.79 Å². The number of urea groups is 1. The molecule has 4 amide bonds. The molecular formula is C14H22N4O6S. The van der Waals surface area contributed by atoms with E-state index in [0.717, 1.165) is 18.6 Å². The first-order valence-electron chi connectivity index (χ1n) is 8.06. The van der Waals surface area contributed by atoms with E-state index in [4.69, 9.17) is 5.73 Å². The van der Waals surface area contributed by atoms with Gasteiger partial charge in [0.25, 0.3) is 5.91 Å². The van der Waals surface area contributed by atoms with Gasteiger partial charge in [0.2, 0.25) is 5.91 Å². The van der Waals surface area contributed by atoms with Crippen molar-refractivity contribution in [3.05, 3.63) is 0 Å². The van der Waals surface area contributed by atoms with Crippen LogP contribution < -0.4 is 16.4 Å². The van der Waals surface area contributed by atoms with Gasteiger partial charge in [-0.15, -0.1) is 0 Å². The Hall–Kier alpha value is -2.01. The summed E-state index contributed by atoms with van der Waals surface area (Å²) in [6, 6.07) is 0.162. The molecule has 2 heterocycles. The fourth-order valence-corrected chi connectivity index (χ4v) is 4.32. The molecule has 3 atom stereocenters. The first-order valence-corrected chi connectivity index (χ1v) is 9.11. The fourth-order valence-electron chi connectivity index (χ4n) is 2.78. The van der Waals surface area contributed by atoms with Gasteiger partial charge in [-0.05, 0) is 18.1 Å². The number of nitrogens with two attached hydrogens (primary N) is 1. The van der Waals surface area contributed by atoms with Crippen molar-refractivity contribution in [3.8, 4) is 0 Å². The zero-order valence-electron chi connectivity index (χ0n) is 13.6. The smallest absolute Gasteiger partial charge is 0.335 e. The van der Waals surface area contributed by atoms with Crippen LogP contribution in [0.2, 0.25) is 0 Å². The quantitative estimate of drug-likeness (QED) is 0.196. The minimum absolute atomic E-state index is 0.0518. The monoisotopic (exact) mass is 374 g/mol. The van der Waals surface area contributed by atoms with Crippen LogP contribution >= 0.6 is 11.8 Å². The standard InChI is InChI=1S/C14H22N4O6S/c15-10(19)5-6-11(20)18(23)24-12(21)4-2-1-3-9-13-8(7-25-9)16-14(22)17-13/h8-9,13,23H,1-7H2,(H2,15,19)(H2,16,17,22)/t8-,9-,13-/m1/s1. The molecule has 0 spiro atoms. The lowest BCUT2D eigenvalue weighted by Gasteiger charge is -2.16. The average molecular weight is 374 g/mol. The van der Waals surface area contributed by atoms with Gasteiger partial charge in [0.1, 0.15) is 0 Å². The van der Waals surface area contributed by atoms with E-state index in [0.29, 0.717) is 11.7 Å². The average Bonchev–Trinajstić information content (AvgIpc) is 3.08. The van der Waals surface area contributed by atoms with Gasteiger partial charge in [-0.2, -0.15) is 11.8 Å². The molecule has 25 heavy (non-hydrogen) atoms. The third-order valence-corrected chi connectivity index (χ3v) is 5.55. The van der Waals surface area contributed by atoms with E-state index in [1.54, 1.807) is 11.8 Å². The lowest BCUT2D eigenvalue weighted by molar-refractivity contribution is -0.297. The van der Waals surface area contributed by atoms with Gasteiger partial charge < -0.3 is 21.2 Å². The van der Waals surface area contributed by atoms with Gasteiger partial charge in [0, 0.05) is 30.3 Å². The molecule has 10 nitrogen and oxygen atoms in total. The SMILES string of the molecule is NC(=O)CCC(=O)N(O)OC(=O)CCCC[C@H]1SC[C@H]2NC(=O)N[C@H]21. The van der Waals surface area contributed by atoms with Crippen molar-refractivity contribution in [3.63, 3.8) is 0 Å². The number of amides is 4. The van der Waals surface area contributed by atoms with Crippen molar-refractivity contribution in [1.29, 1.82) is 0 Å². The van der Waals surface area contributed by atoms with Crippen LogP contribution in [0.25, 0.3) is 0 Å². The Morgan fingerprint density at radius 3 is 2.72 bits per heavy atom. The summed E-state index contributed by atoms with van der Waals surface area (Å²) in [6.07, 6.45) is 1.63. The summed E-state index contributed by atoms with van der Waals surface area (Å²) in [5.74, 6) is -1.45. The molecule has 0 aromatic rings. The Labute approximate surface area is 148 Å². The first kappa shape index (κ1) is 19.3. The summed E-state index contributed by atoms with van der Waals surface area (Å²) in [6.45, 7) is 0. The molecule has 0 aliphatic carbocycles. The summed E-state index contributed by atoms with van der Waals surface area (Å²) in [4.78, 5) is 49.3. The summed E-state index contributed by atoms with van der Waals surface area (Å²) >= 11 is 1.79. The van der Waals surface area contributed by atoms with Gasteiger partial charge in [-0.3, -0.25) is 14.8 Å². The van der Waals surface area contributed by atoms with Crippen LogP contribution in [0.1, 0.15) is 38.5 Å². The number of hydrogen-bond acceptors (Lipinski definition) is 7. The van der Waals surface area contributed by atoms with E-state index >= 15 is 0 Å². The van der Waals surface area contributed by atoms with Crippen molar-refractivity contribution >= 4 is 35.6 Å². The summed E-state index contributed by atoms with van der Waals surface area (Å²) < 4.78 is 0. The molecule has 2 rings (SSSR count). The number of carbonyl (C=O) groups is 4. The maximum absolute atomic E-state index is 11.6. The molecule has 140 valence electrons. The van der Waals surface area contributed by atoms with Crippen molar-refractivity contribution < 1.29 is 29.2 Å². The van der Waals surface area contributed by atoms with E-state index in [-0.39, 0.29) is 42.6 Å². The highest BCUT2D eigenvalue weighted by Gasteiger charge is 2.42. The molecule has 0 bridgehead atoms. The van der Waals surface area contributed by atoms with Crippen LogP contribution in [0.3, 0.4) is 0 Å². The molecule has 0 radical (unpaired) electrons. The van der Waals surface area contributed by atoms with Crippen molar-refractivity contribution in [1.82, 2.24) is 15.9 Å². The van der Waals surface area contributed by atoms with E-state index in [9.17, 15) is 24.4 Å². The van der Waals surface area contributed by atoms with Gasteiger partial charge in [-0.25, -0.2) is 9.59 Å². The zero-order chi connectivity index (χ0) is 18.4. The van der Waals surface area contributed by atoms with Gasteiger partial charge in [0.15, 0.2) is 0 Å². The number of nitrogens with zero attached hydrogens (tertiary/aromatic N) is 1. The van der Waals surface area contributed by atoms with Crippen LogP contribution in [0.5, 0.6) is 0 Å². The Bertz CT molecular complexity index is 545. The third-order valence-electron chi connectivity index (χ3n) is 4.04. The molecule has 0 aromatic carbocycles. The number of nitrogens with one attached hydrogen (secondary N) is 2.